The topological polar surface area (TPSA) is 3.24 Å². The molecule has 1 aromatic carbocycles. The molecule has 1 aromatic heterocycles. The number of benzene rings is 1. The average Bonchev–Trinajstić information content (AvgIpc) is 2.74. The third-order valence-corrected chi connectivity index (χ3v) is 5.40. The minimum atomic E-state index is 0.869. The van der Waals surface area contributed by atoms with Crippen molar-refractivity contribution >= 4 is 64.8 Å². The summed E-state index contributed by atoms with van der Waals surface area (Å²) in [4.78, 5) is 3.63. The second-order valence-electron chi connectivity index (χ2n) is 3.99. The molecule has 0 amide bonds. The molecule has 0 radical (unpaired) electrons. The molecule has 0 aliphatic rings. The lowest BCUT2D eigenvalue weighted by atomic mass is 10.2. The molecule has 0 aliphatic heterocycles. The van der Waals surface area contributed by atoms with Crippen molar-refractivity contribution in [3.8, 4) is 0 Å². The summed E-state index contributed by atoms with van der Waals surface area (Å²) in [5, 5.41) is 2.99. The normalized spacial score (nSPS) is 10.7. The van der Waals surface area contributed by atoms with Crippen LogP contribution in [0.25, 0.3) is 0 Å². The maximum Gasteiger partial charge on any atom is 0.0520 e. The maximum absolute atomic E-state index is 3.54. The number of hydrogen-bond donors (Lipinski definition) is 0. The van der Waals surface area contributed by atoms with E-state index in [0.29, 0.717) is 0 Å². The van der Waals surface area contributed by atoms with Gasteiger partial charge in [0.05, 0.1) is 6.54 Å². The molecule has 0 atom stereocenters. The van der Waals surface area contributed by atoms with Crippen LogP contribution in [0.4, 0.5) is 5.69 Å². The number of hydrogen-bond acceptors (Lipinski definition) is 2. The Morgan fingerprint density at radius 2 is 1.94 bits per heavy atom. The summed E-state index contributed by atoms with van der Waals surface area (Å²) in [6.07, 6.45) is 0. The first-order chi connectivity index (χ1) is 8.60. The molecule has 2 rings (SSSR count). The van der Waals surface area contributed by atoms with Gasteiger partial charge in [0, 0.05) is 37.3 Å². The van der Waals surface area contributed by atoms with E-state index in [9.17, 15) is 0 Å². The van der Waals surface area contributed by atoms with E-state index in [2.05, 4.69) is 89.4 Å². The molecule has 0 aliphatic carbocycles. The standard InChI is InChI=1S/C13H12Br3NS/c1-17(7-12-4-11(16)8-18-12)13-5-10(15)3-2-9(13)6-14/h2-5,8H,6-7H2,1H3. The second-order valence-corrected chi connectivity index (χ2v) is 7.38. The number of anilines is 1. The van der Waals surface area contributed by atoms with Crippen molar-refractivity contribution in [3.63, 3.8) is 0 Å². The summed E-state index contributed by atoms with van der Waals surface area (Å²) in [6.45, 7) is 0.923. The number of alkyl halides is 1. The molecular weight excluding hydrogens is 442 g/mol. The van der Waals surface area contributed by atoms with Gasteiger partial charge in [-0.2, -0.15) is 0 Å². The smallest absolute Gasteiger partial charge is 0.0520 e. The third kappa shape index (κ3) is 3.59. The fraction of sp³-hybridized carbons (Fsp3) is 0.231. The van der Waals surface area contributed by atoms with Gasteiger partial charge in [0.25, 0.3) is 0 Å². The van der Waals surface area contributed by atoms with E-state index in [0.717, 1.165) is 20.8 Å². The van der Waals surface area contributed by atoms with E-state index in [1.807, 2.05) is 0 Å². The average molecular weight is 454 g/mol. The van der Waals surface area contributed by atoms with Crippen molar-refractivity contribution in [1.82, 2.24) is 0 Å². The molecule has 0 spiro atoms. The Hall–Kier alpha value is 0.160. The zero-order valence-corrected chi connectivity index (χ0v) is 15.4. The second kappa shape index (κ2) is 6.55. The Bertz CT molecular complexity index is 539. The Morgan fingerprint density at radius 1 is 1.17 bits per heavy atom. The fourth-order valence-corrected chi connectivity index (χ4v) is 4.09. The molecule has 5 heteroatoms. The molecule has 2 aromatic rings. The minimum Gasteiger partial charge on any atom is -0.369 e. The summed E-state index contributed by atoms with van der Waals surface area (Å²) in [7, 11) is 2.13. The van der Waals surface area contributed by atoms with Crippen LogP contribution in [0.3, 0.4) is 0 Å². The van der Waals surface area contributed by atoms with E-state index in [-0.39, 0.29) is 0 Å². The largest absolute Gasteiger partial charge is 0.369 e. The van der Waals surface area contributed by atoms with Crippen LogP contribution in [0.5, 0.6) is 0 Å². The van der Waals surface area contributed by atoms with Crippen molar-refractivity contribution in [2.75, 3.05) is 11.9 Å². The zero-order chi connectivity index (χ0) is 13.1. The van der Waals surface area contributed by atoms with E-state index < -0.39 is 0 Å². The summed E-state index contributed by atoms with van der Waals surface area (Å²) in [5.74, 6) is 0. The van der Waals surface area contributed by atoms with Crippen LogP contribution in [-0.2, 0) is 11.9 Å². The van der Waals surface area contributed by atoms with E-state index in [4.69, 9.17) is 0 Å². The molecule has 18 heavy (non-hydrogen) atoms. The molecule has 0 saturated carbocycles. The first-order valence-corrected chi connectivity index (χ1v) is 8.97. The highest BCUT2D eigenvalue weighted by molar-refractivity contribution is 9.10. The van der Waals surface area contributed by atoms with Crippen LogP contribution >= 0.6 is 59.1 Å². The molecule has 0 fully saturated rings. The first-order valence-electron chi connectivity index (χ1n) is 5.38. The van der Waals surface area contributed by atoms with Crippen LogP contribution in [0.15, 0.2) is 38.6 Å². The van der Waals surface area contributed by atoms with Crippen molar-refractivity contribution in [3.05, 3.63) is 49.0 Å². The number of halogens is 3. The summed E-state index contributed by atoms with van der Waals surface area (Å²) in [5.41, 5.74) is 2.56. The van der Waals surface area contributed by atoms with E-state index in [1.54, 1.807) is 11.3 Å². The monoisotopic (exact) mass is 451 g/mol. The Kier molecular flexibility index (Phi) is 5.30. The van der Waals surface area contributed by atoms with Gasteiger partial charge in [-0.25, -0.2) is 0 Å². The molecule has 0 unspecified atom stereocenters. The predicted octanol–water partition coefficient (Wildman–Crippen LogP) is 5.80. The highest BCUT2D eigenvalue weighted by atomic mass is 79.9. The Morgan fingerprint density at radius 3 is 2.56 bits per heavy atom. The molecule has 1 heterocycles. The summed E-state index contributed by atoms with van der Waals surface area (Å²) < 4.78 is 2.27. The quantitative estimate of drug-likeness (QED) is 0.528. The van der Waals surface area contributed by atoms with Crippen molar-refractivity contribution in [2.24, 2.45) is 0 Å². The SMILES string of the molecule is CN(Cc1cc(Br)cs1)c1cc(Br)ccc1CBr. The molecule has 96 valence electrons. The maximum atomic E-state index is 3.54. The van der Waals surface area contributed by atoms with Gasteiger partial charge in [0.2, 0.25) is 0 Å². The van der Waals surface area contributed by atoms with Gasteiger partial charge >= 0.3 is 0 Å². The predicted molar refractivity (Wildman–Crippen MR) is 90.9 cm³/mol. The minimum absolute atomic E-state index is 0.869. The lowest BCUT2D eigenvalue weighted by Crippen LogP contribution is -2.17. The summed E-state index contributed by atoms with van der Waals surface area (Å²) in [6, 6.07) is 8.57. The third-order valence-electron chi connectivity index (χ3n) is 2.62. The van der Waals surface area contributed by atoms with Crippen LogP contribution in [-0.4, -0.2) is 7.05 Å². The van der Waals surface area contributed by atoms with Crippen molar-refractivity contribution in [2.45, 2.75) is 11.9 Å². The molecule has 0 bridgehead atoms. The Labute approximate surface area is 137 Å². The van der Waals surface area contributed by atoms with Crippen molar-refractivity contribution < 1.29 is 0 Å². The van der Waals surface area contributed by atoms with Crippen molar-refractivity contribution in [1.29, 1.82) is 0 Å². The Balaban J connectivity index is 2.22. The first kappa shape index (κ1) is 14.6. The van der Waals surface area contributed by atoms with Gasteiger partial charge < -0.3 is 4.90 Å². The number of thiophene rings is 1. The molecule has 0 saturated heterocycles. The number of rotatable bonds is 4. The van der Waals surface area contributed by atoms with Gasteiger partial charge in [-0.1, -0.05) is 37.9 Å². The zero-order valence-electron chi connectivity index (χ0n) is 9.79. The van der Waals surface area contributed by atoms with E-state index >= 15 is 0 Å². The highest BCUT2D eigenvalue weighted by Crippen LogP contribution is 2.29. The summed E-state index contributed by atoms with van der Waals surface area (Å²) >= 11 is 12.4. The highest BCUT2D eigenvalue weighted by Gasteiger charge is 2.09. The molecule has 0 N–H and O–H groups in total. The van der Waals surface area contributed by atoms with Gasteiger partial charge in [0.15, 0.2) is 0 Å². The van der Waals surface area contributed by atoms with Crippen LogP contribution < -0.4 is 4.90 Å². The van der Waals surface area contributed by atoms with Gasteiger partial charge in [-0.3, -0.25) is 0 Å². The van der Waals surface area contributed by atoms with E-state index in [1.165, 1.54) is 16.1 Å². The van der Waals surface area contributed by atoms with Gasteiger partial charge in [-0.15, -0.1) is 11.3 Å². The molecule has 1 nitrogen and oxygen atoms in total. The lowest BCUT2D eigenvalue weighted by molar-refractivity contribution is 0.932. The fourth-order valence-electron chi connectivity index (χ4n) is 1.76. The van der Waals surface area contributed by atoms with Crippen LogP contribution in [0.2, 0.25) is 0 Å². The van der Waals surface area contributed by atoms with Crippen LogP contribution in [0, 0.1) is 0 Å². The van der Waals surface area contributed by atoms with Gasteiger partial charge in [0.1, 0.15) is 0 Å². The lowest BCUT2D eigenvalue weighted by Gasteiger charge is -2.21. The molecular formula is C13H12Br3NS. The number of nitrogens with zero attached hydrogens (tertiary/aromatic N) is 1. The van der Waals surface area contributed by atoms with Gasteiger partial charge in [-0.05, 0) is 39.7 Å². The van der Waals surface area contributed by atoms with Crippen LogP contribution in [0.1, 0.15) is 10.4 Å².